The van der Waals surface area contributed by atoms with Gasteiger partial charge in [0.25, 0.3) is 0 Å². The number of aromatic nitrogens is 1. The summed E-state index contributed by atoms with van der Waals surface area (Å²) in [4.78, 5) is 19.3. The fourth-order valence-electron chi connectivity index (χ4n) is 1.65. The predicted octanol–water partition coefficient (Wildman–Crippen LogP) is 1.57. The Balaban J connectivity index is 2.15. The first-order chi connectivity index (χ1) is 10.1. The summed E-state index contributed by atoms with van der Waals surface area (Å²) in [6.07, 6.45) is -0.468. The summed E-state index contributed by atoms with van der Waals surface area (Å²) >= 11 is 1.35. The summed E-state index contributed by atoms with van der Waals surface area (Å²) in [5, 5.41) is 5.00. The van der Waals surface area contributed by atoms with Crippen molar-refractivity contribution >= 4 is 28.5 Å². The highest BCUT2D eigenvalue weighted by Crippen LogP contribution is 2.27. The standard InChI is InChI=1S/C13H15N5O2S/c1-20-13(19)16-6-8-3-2-4-9(5-8)10-7-21-12(17-10)18-11(14)15/h2-5,7H,6H2,1H3,(H,16,19)(H4,14,15,17,18). The number of thiazole rings is 1. The van der Waals surface area contributed by atoms with Crippen molar-refractivity contribution in [2.45, 2.75) is 6.54 Å². The number of ether oxygens (including phenoxy) is 1. The molecule has 8 heteroatoms. The molecule has 1 aromatic heterocycles. The average molecular weight is 305 g/mol. The molecule has 1 heterocycles. The molecule has 21 heavy (non-hydrogen) atoms. The SMILES string of the molecule is COC(=O)NCc1cccc(-c2csc(N=C(N)N)n2)c1. The molecule has 0 aliphatic rings. The normalized spacial score (nSPS) is 9.95. The molecule has 0 aliphatic carbocycles. The Labute approximate surface area is 125 Å². The third-order valence-electron chi connectivity index (χ3n) is 2.56. The van der Waals surface area contributed by atoms with Gasteiger partial charge in [-0.05, 0) is 11.6 Å². The van der Waals surface area contributed by atoms with Crippen molar-refractivity contribution in [3.63, 3.8) is 0 Å². The Morgan fingerprint density at radius 2 is 2.29 bits per heavy atom. The number of alkyl carbamates (subject to hydrolysis) is 1. The number of nitrogens with two attached hydrogens (primary N) is 2. The second-order valence-electron chi connectivity index (χ2n) is 4.10. The van der Waals surface area contributed by atoms with Gasteiger partial charge in [-0.1, -0.05) is 18.2 Å². The Morgan fingerprint density at radius 1 is 1.48 bits per heavy atom. The van der Waals surface area contributed by atoms with Crippen LogP contribution in [0.3, 0.4) is 0 Å². The molecule has 0 unspecified atom stereocenters. The lowest BCUT2D eigenvalue weighted by Crippen LogP contribution is -2.22. The number of carbonyl (C=O) groups excluding carboxylic acids is 1. The van der Waals surface area contributed by atoms with E-state index in [0.717, 1.165) is 16.8 Å². The first-order valence-electron chi connectivity index (χ1n) is 6.05. The topological polar surface area (TPSA) is 116 Å². The van der Waals surface area contributed by atoms with Crippen LogP contribution in [0.25, 0.3) is 11.3 Å². The van der Waals surface area contributed by atoms with Gasteiger partial charge in [-0.3, -0.25) is 0 Å². The monoisotopic (exact) mass is 305 g/mol. The first-order valence-corrected chi connectivity index (χ1v) is 6.92. The van der Waals surface area contributed by atoms with Gasteiger partial charge in [0, 0.05) is 17.5 Å². The van der Waals surface area contributed by atoms with Gasteiger partial charge in [0.15, 0.2) is 5.96 Å². The minimum absolute atomic E-state index is 0.0214. The summed E-state index contributed by atoms with van der Waals surface area (Å²) in [5.41, 5.74) is 13.3. The van der Waals surface area contributed by atoms with Gasteiger partial charge >= 0.3 is 6.09 Å². The summed E-state index contributed by atoms with van der Waals surface area (Å²) in [6, 6.07) is 7.66. The molecule has 0 atom stereocenters. The van der Waals surface area contributed by atoms with Crippen molar-refractivity contribution in [2.24, 2.45) is 16.5 Å². The number of nitrogens with zero attached hydrogens (tertiary/aromatic N) is 2. The van der Waals surface area contributed by atoms with Crippen molar-refractivity contribution in [1.29, 1.82) is 0 Å². The number of aliphatic imine (C=N–C) groups is 1. The Hall–Kier alpha value is -2.61. The Bertz CT molecular complexity index is 664. The van der Waals surface area contributed by atoms with Crippen molar-refractivity contribution in [1.82, 2.24) is 10.3 Å². The fourth-order valence-corrected chi connectivity index (χ4v) is 2.36. The van der Waals surface area contributed by atoms with E-state index in [0.29, 0.717) is 11.7 Å². The van der Waals surface area contributed by atoms with Gasteiger partial charge in [0.05, 0.1) is 12.8 Å². The van der Waals surface area contributed by atoms with Crippen molar-refractivity contribution in [2.75, 3.05) is 7.11 Å². The number of hydrogen-bond donors (Lipinski definition) is 3. The summed E-state index contributed by atoms with van der Waals surface area (Å²) < 4.78 is 4.53. The highest BCUT2D eigenvalue weighted by atomic mass is 32.1. The lowest BCUT2D eigenvalue weighted by molar-refractivity contribution is 0.170. The molecule has 0 spiro atoms. The zero-order chi connectivity index (χ0) is 15.2. The van der Waals surface area contributed by atoms with Crippen LogP contribution in [0.15, 0.2) is 34.6 Å². The van der Waals surface area contributed by atoms with E-state index in [9.17, 15) is 4.79 Å². The molecule has 0 aliphatic heterocycles. The number of guanidine groups is 1. The van der Waals surface area contributed by atoms with Crippen LogP contribution < -0.4 is 16.8 Å². The first kappa shape index (κ1) is 14.8. The van der Waals surface area contributed by atoms with Gasteiger partial charge in [-0.15, -0.1) is 11.3 Å². The van der Waals surface area contributed by atoms with E-state index in [-0.39, 0.29) is 5.96 Å². The van der Waals surface area contributed by atoms with Gasteiger partial charge in [0.2, 0.25) is 5.13 Å². The van der Waals surface area contributed by atoms with E-state index < -0.39 is 6.09 Å². The van der Waals surface area contributed by atoms with E-state index in [4.69, 9.17) is 11.5 Å². The molecular formula is C13H15N5O2S. The molecule has 0 radical (unpaired) electrons. The summed E-state index contributed by atoms with van der Waals surface area (Å²) in [7, 11) is 1.33. The molecular weight excluding hydrogens is 290 g/mol. The van der Waals surface area contributed by atoms with E-state index >= 15 is 0 Å². The molecule has 0 saturated carbocycles. The zero-order valence-corrected chi connectivity index (χ0v) is 12.2. The Morgan fingerprint density at radius 3 is 3.00 bits per heavy atom. The third kappa shape index (κ3) is 4.18. The lowest BCUT2D eigenvalue weighted by Gasteiger charge is -2.05. The van der Waals surface area contributed by atoms with Crippen LogP contribution in [0, 0.1) is 0 Å². The molecule has 1 aromatic carbocycles. The van der Waals surface area contributed by atoms with Gasteiger partial charge in [-0.2, -0.15) is 4.99 Å². The predicted molar refractivity (Wildman–Crippen MR) is 82.3 cm³/mol. The minimum Gasteiger partial charge on any atom is -0.453 e. The van der Waals surface area contributed by atoms with E-state index in [2.05, 4.69) is 20.0 Å². The minimum atomic E-state index is -0.468. The fraction of sp³-hybridized carbons (Fsp3) is 0.154. The maximum absolute atomic E-state index is 11.1. The summed E-state index contributed by atoms with van der Waals surface area (Å²) in [5.74, 6) is -0.0214. The highest BCUT2D eigenvalue weighted by Gasteiger charge is 2.06. The maximum Gasteiger partial charge on any atom is 0.407 e. The molecule has 7 nitrogen and oxygen atoms in total. The molecule has 0 fully saturated rings. The number of rotatable bonds is 4. The smallest absolute Gasteiger partial charge is 0.407 e. The van der Waals surface area contributed by atoms with Gasteiger partial charge in [0.1, 0.15) is 0 Å². The largest absolute Gasteiger partial charge is 0.453 e. The third-order valence-corrected chi connectivity index (χ3v) is 3.30. The van der Waals surface area contributed by atoms with E-state index in [1.165, 1.54) is 18.4 Å². The number of benzene rings is 1. The Kier molecular flexibility index (Phi) is 4.72. The quantitative estimate of drug-likeness (QED) is 0.585. The van der Waals surface area contributed by atoms with Crippen LogP contribution >= 0.6 is 11.3 Å². The molecule has 110 valence electrons. The van der Waals surface area contributed by atoms with Crippen LogP contribution in [-0.2, 0) is 11.3 Å². The van der Waals surface area contributed by atoms with E-state index in [1.54, 1.807) is 0 Å². The van der Waals surface area contributed by atoms with Crippen molar-refractivity contribution < 1.29 is 9.53 Å². The van der Waals surface area contributed by atoms with Crippen molar-refractivity contribution in [3.05, 3.63) is 35.2 Å². The number of amides is 1. The maximum atomic E-state index is 11.1. The van der Waals surface area contributed by atoms with E-state index in [1.807, 2.05) is 29.6 Å². The van der Waals surface area contributed by atoms with Crippen LogP contribution in [0.5, 0.6) is 0 Å². The number of methoxy groups -OCH3 is 1. The molecule has 0 saturated heterocycles. The van der Waals surface area contributed by atoms with Crippen LogP contribution in [-0.4, -0.2) is 24.1 Å². The second kappa shape index (κ2) is 6.71. The number of carbonyl (C=O) groups is 1. The van der Waals surface area contributed by atoms with Crippen LogP contribution in [0.2, 0.25) is 0 Å². The van der Waals surface area contributed by atoms with Gasteiger partial charge < -0.3 is 21.5 Å². The average Bonchev–Trinajstić information content (AvgIpc) is 2.92. The lowest BCUT2D eigenvalue weighted by atomic mass is 10.1. The molecule has 2 rings (SSSR count). The molecule has 5 N–H and O–H groups in total. The highest BCUT2D eigenvalue weighted by molar-refractivity contribution is 7.13. The molecule has 1 amide bonds. The molecule has 0 bridgehead atoms. The van der Waals surface area contributed by atoms with Crippen LogP contribution in [0.1, 0.15) is 5.56 Å². The van der Waals surface area contributed by atoms with Gasteiger partial charge in [-0.25, -0.2) is 9.78 Å². The molecule has 2 aromatic rings. The number of nitrogens with one attached hydrogen (secondary N) is 1. The van der Waals surface area contributed by atoms with Crippen LogP contribution in [0.4, 0.5) is 9.93 Å². The number of hydrogen-bond acceptors (Lipinski definition) is 5. The van der Waals surface area contributed by atoms with Crippen molar-refractivity contribution in [3.8, 4) is 11.3 Å². The summed E-state index contributed by atoms with van der Waals surface area (Å²) in [6.45, 7) is 0.380. The zero-order valence-electron chi connectivity index (χ0n) is 11.4. The second-order valence-corrected chi connectivity index (χ2v) is 4.93.